The van der Waals surface area contributed by atoms with E-state index in [0.717, 1.165) is 11.1 Å². The molecule has 2 aromatic carbocycles. The van der Waals surface area contributed by atoms with Gasteiger partial charge in [-0.15, -0.1) is 0 Å². The van der Waals surface area contributed by atoms with Crippen LogP contribution >= 0.6 is 0 Å². The number of rotatable bonds is 7. The van der Waals surface area contributed by atoms with Gasteiger partial charge in [0.15, 0.2) is 18.2 Å². The van der Waals surface area contributed by atoms with Crippen molar-refractivity contribution < 1.29 is 23.5 Å². The fraction of sp³-hybridized carbons (Fsp3) is 0.300. The lowest BCUT2D eigenvalue weighted by Gasteiger charge is -2.17. The number of likely N-dealkylation sites (N-methyl/N-ethyl adjacent to an activating group) is 1. The summed E-state index contributed by atoms with van der Waals surface area (Å²) in [5.41, 5.74) is 2.48. The number of hydrogen-bond donors (Lipinski definition) is 0. The van der Waals surface area contributed by atoms with E-state index >= 15 is 0 Å². The highest BCUT2D eigenvalue weighted by atomic mass is 19.1. The van der Waals surface area contributed by atoms with E-state index < -0.39 is 11.8 Å². The minimum absolute atomic E-state index is 0.118. The van der Waals surface area contributed by atoms with Crippen LogP contribution in [0.4, 0.5) is 4.39 Å². The number of carbonyl (C=O) groups excluding carboxylic acids is 2. The van der Waals surface area contributed by atoms with Crippen LogP contribution in [-0.4, -0.2) is 37.5 Å². The summed E-state index contributed by atoms with van der Waals surface area (Å²) in [5, 5.41) is 0. The van der Waals surface area contributed by atoms with Crippen LogP contribution in [0.1, 0.15) is 16.7 Å². The highest BCUT2D eigenvalue weighted by Crippen LogP contribution is 2.18. The molecule has 2 rings (SSSR count). The molecule has 0 unspecified atom stereocenters. The van der Waals surface area contributed by atoms with E-state index in [1.165, 1.54) is 24.1 Å². The Labute approximate surface area is 152 Å². The Morgan fingerprint density at radius 1 is 1.15 bits per heavy atom. The standard InChI is InChI=1S/C20H22FNO4/c1-14-6-4-5-7-16(14)11-20(24)26-13-19(23)22(2)12-15-8-9-18(25-3)17(21)10-15/h4-10H,11-13H2,1-3H3. The number of halogens is 1. The van der Waals surface area contributed by atoms with E-state index in [4.69, 9.17) is 9.47 Å². The highest BCUT2D eigenvalue weighted by molar-refractivity contribution is 5.81. The molecule has 5 nitrogen and oxygen atoms in total. The van der Waals surface area contributed by atoms with E-state index in [1.807, 2.05) is 31.2 Å². The van der Waals surface area contributed by atoms with E-state index in [0.29, 0.717) is 5.56 Å². The maximum absolute atomic E-state index is 13.7. The molecule has 26 heavy (non-hydrogen) atoms. The molecule has 6 heteroatoms. The van der Waals surface area contributed by atoms with Gasteiger partial charge in [0, 0.05) is 13.6 Å². The van der Waals surface area contributed by atoms with Crippen molar-refractivity contribution in [1.82, 2.24) is 4.90 Å². The van der Waals surface area contributed by atoms with Crippen LogP contribution in [0.15, 0.2) is 42.5 Å². The average molecular weight is 359 g/mol. The lowest BCUT2D eigenvalue weighted by molar-refractivity contribution is -0.151. The normalized spacial score (nSPS) is 10.3. The molecule has 0 radical (unpaired) electrons. The second-order valence-electron chi connectivity index (χ2n) is 5.98. The molecular formula is C20H22FNO4. The maximum Gasteiger partial charge on any atom is 0.310 e. The number of carbonyl (C=O) groups is 2. The molecular weight excluding hydrogens is 337 g/mol. The molecule has 0 aromatic heterocycles. The third-order valence-corrected chi connectivity index (χ3v) is 4.01. The molecule has 0 N–H and O–H groups in total. The van der Waals surface area contributed by atoms with Gasteiger partial charge in [0.25, 0.3) is 5.91 Å². The summed E-state index contributed by atoms with van der Waals surface area (Å²) in [6, 6.07) is 12.0. The van der Waals surface area contributed by atoms with Crippen LogP contribution in [0.5, 0.6) is 5.75 Å². The first-order valence-corrected chi connectivity index (χ1v) is 8.17. The highest BCUT2D eigenvalue weighted by Gasteiger charge is 2.14. The number of benzene rings is 2. The van der Waals surface area contributed by atoms with Gasteiger partial charge in [0.05, 0.1) is 13.5 Å². The molecule has 0 saturated carbocycles. The molecule has 0 spiro atoms. The summed E-state index contributed by atoms with van der Waals surface area (Å²) in [4.78, 5) is 25.4. The Bertz CT molecular complexity index is 791. The molecule has 0 bridgehead atoms. The van der Waals surface area contributed by atoms with E-state index in [9.17, 15) is 14.0 Å². The predicted octanol–water partition coefficient (Wildman–Crippen LogP) is 2.89. The molecule has 1 amide bonds. The summed E-state index contributed by atoms with van der Waals surface area (Å²) in [7, 11) is 2.96. The molecule has 0 aliphatic heterocycles. The number of amides is 1. The van der Waals surface area contributed by atoms with Crippen LogP contribution in [-0.2, 0) is 27.3 Å². The summed E-state index contributed by atoms with van der Waals surface area (Å²) >= 11 is 0. The van der Waals surface area contributed by atoms with Crippen LogP contribution in [0.25, 0.3) is 0 Å². The van der Waals surface area contributed by atoms with Gasteiger partial charge in [0.1, 0.15) is 0 Å². The largest absolute Gasteiger partial charge is 0.494 e. The van der Waals surface area contributed by atoms with E-state index in [1.54, 1.807) is 13.1 Å². The topological polar surface area (TPSA) is 55.8 Å². The molecule has 2 aromatic rings. The van der Waals surface area contributed by atoms with Crippen molar-refractivity contribution in [3.63, 3.8) is 0 Å². The molecule has 0 aliphatic carbocycles. The number of hydrogen-bond acceptors (Lipinski definition) is 4. The maximum atomic E-state index is 13.7. The second-order valence-corrected chi connectivity index (χ2v) is 5.98. The number of methoxy groups -OCH3 is 1. The lowest BCUT2D eigenvalue weighted by atomic mass is 10.1. The summed E-state index contributed by atoms with van der Waals surface area (Å²) in [6.07, 6.45) is 0.118. The molecule has 0 atom stereocenters. The summed E-state index contributed by atoms with van der Waals surface area (Å²) < 4.78 is 23.6. The van der Waals surface area contributed by atoms with Crippen molar-refractivity contribution in [3.8, 4) is 5.75 Å². The van der Waals surface area contributed by atoms with Crippen molar-refractivity contribution in [1.29, 1.82) is 0 Å². The Kier molecular flexibility index (Phi) is 6.72. The lowest BCUT2D eigenvalue weighted by Crippen LogP contribution is -2.31. The van der Waals surface area contributed by atoms with Gasteiger partial charge in [-0.05, 0) is 35.7 Å². The Morgan fingerprint density at radius 3 is 2.54 bits per heavy atom. The number of aryl methyl sites for hydroxylation is 1. The van der Waals surface area contributed by atoms with Crippen molar-refractivity contribution >= 4 is 11.9 Å². The van der Waals surface area contributed by atoms with Gasteiger partial charge in [-0.25, -0.2) is 4.39 Å². The number of nitrogens with zero attached hydrogens (tertiary/aromatic N) is 1. The van der Waals surface area contributed by atoms with Gasteiger partial charge >= 0.3 is 5.97 Å². The van der Waals surface area contributed by atoms with Crippen LogP contribution in [0, 0.1) is 12.7 Å². The zero-order valence-corrected chi connectivity index (χ0v) is 15.1. The van der Waals surface area contributed by atoms with Gasteiger partial charge < -0.3 is 14.4 Å². The fourth-order valence-electron chi connectivity index (χ4n) is 2.44. The molecule has 0 aliphatic rings. The fourth-order valence-corrected chi connectivity index (χ4v) is 2.44. The Hall–Kier alpha value is -2.89. The zero-order chi connectivity index (χ0) is 19.1. The Morgan fingerprint density at radius 2 is 1.88 bits per heavy atom. The third-order valence-electron chi connectivity index (χ3n) is 4.01. The molecule has 0 heterocycles. The minimum Gasteiger partial charge on any atom is -0.494 e. The first kappa shape index (κ1) is 19.4. The predicted molar refractivity (Wildman–Crippen MR) is 95.3 cm³/mol. The van der Waals surface area contributed by atoms with Crippen molar-refractivity contribution in [3.05, 3.63) is 65.0 Å². The third kappa shape index (κ3) is 5.31. The number of esters is 1. The van der Waals surface area contributed by atoms with Gasteiger partial charge in [-0.1, -0.05) is 30.3 Å². The van der Waals surface area contributed by atoms with Crippen molar-refractivity contribution in [2.75, 3.05) is 20.8 Å². The zero-order valence-electron chi connectivity index (χ0n) is 15.1. The quantitative estimate of drug-likeness (QED) is 0.714. The second kappa shape index (κ2) is 8.99. The van der Waals surface area contributed by atoms with Gasteiger partial charge in [0.2, 0.25) is 0 Å². The molecule has 0 fully saturated rings. The van der Waals surface area contributed by atoms with E-state index in [-0.39, 0.29) is 31.2 Å². The van der Waals surface area contributed by atoms with Gasteiger partial charge in [-0.3, -0.25) is 9.59 Å². The first-order chi connectivity index (χ1) is 12.4. The monoisotopic (exact) mass is 359 g/mol. The van der Waals surface area contributed by atoms with E-state index in [2.05, 4.69) is 0 Å². The summed E-state index contributed by atoms with van der Waals surface area (Å²) in [6.45, 7) is 1.77. The smallest absolute Gasteiger partial charge is 0.310 e. The first-order valence-electron chi connectivity index (χ1n) is 8.17. The van der Waals surface area contributed by atoms with Gasteiger partial charge in [-0.2, -0.15) is 0 Å². The Balaban J connectivity index is 1.84. The average Bonchev–Trinajstić information content (AvgIpc) is 2.61. The van der Waals surface area contributed by atoms with Crippen molar-refractivity contribution in [2.45, 2.75) is 19.9 Å². The van der Waals surface area contributed by atoms with Crippen molar-refractivity contribution in [2.24, 2.45) is 0 Å². The van der Waals surface area contributed by atoms with Crippen LogP contribution < -0.4 is 4.74 Å². The molecule has 138 valence electrons. The number of ether oxygens (including phenoxy) is 2. The molecule has 0 saturated heterocycles. The van der Waals surface area contributed by atoms with Crippen LogP contribution in [0.2, 0.25) is 0 Å². The summed E-state index contributed by atoms with van der Waals surface area (Å²) in [5.74, 6) is -1.17. The van der Waals surface area contributed by atoms with Crippen LogP contribution in [0.3, 0.4) is 0 Å². The minimum atomic E-state index is -0.490. The SMILES string of the molecule is COc1ccc(CN(C)C(=O)COC(=O)Cc2ccccc2C)cc1F.